The molecule has 0 atom stereocenters. The van der Waals surface area contributed by atoms with Gasteiger partial charge in [0.2, 0.25) is 10.0 Å². The summed E-state index contributed by atoms with van der Waals surface area (Å²) >= 11 is 0. The first-order chi connectivity index (χ1) is 13.5. The third-order valence-electron chi connectivity index (χ3n) is 4.90. The molecule has 1 aliphatic rings. The molecule has 1 aromatic heterocycles. The monoisotopic (exact) mass is 533 g/mol. The van der Waals surface area contributed by atoms with E-state index < -0.39 is 10.0 Å². The summed E-state index contributed by atoms with van der Waals surface area (Å²) in [6.45, 7) is 4.95. The van der Waals surface area contributed by atoms with Gasteiger partial charge in [-0.2, -0.15) is 4.31 Å². The molecule has 1 saturated heterocycles. The summed E-state index contributed by atoms with van der Waals surface area (Å²) in [5.41, 5.74) is 3.02. The molecule has 0 spiro atoms. The molecule has 1 aliphatic heterocycles. The maximum Gasteiger partial charge on any atom is 0.220 e. The molecule has 2 heterocycles. The number of nitrogens with one attached hydrogen (secondary N) is 1. The van der Waals surface area contributed by atoms with Crippen LogP contribution in [0.5, 0.6) is 0 Å². The summed E-state index contributed by atoms with van der Waals surface area (Å²) in [5.74, 6) is 0.675. The predicted molar refractivity (Wildman–Crippen MR) is 124 cm³/mol. The highest BCUT2D eigenvalue weighted by atomic mass is 127. The van der Waals surface area contributed by atoms with Crippen LogP contribution in [0.1, 0.15) is 16.8 Å². The molecule has 0 bridgehead atoms. The van der Waals surface area contributed by atoms with Crippen LogP contribution in [0.25, 0.3) is 0 Å². The summed E-state index contributed by atoms with van der Waals surface area (Å²) in [5, 5.41) is 7.09. The molecule has 160 valence electrons. The van der Waals surface area contributed by atoms with Gasteiger partial charge in [0.15, 0.2) is 5.96 Å². The molecule has 10 heteroatoms. The Bertz CT molecular complexity index is 894. The second kappa shape index (κ2) is 10.9. The largest absolute Gasteiger partial charge is 0.364 e. The summed E-state index contributed by atoms with van der Waals surface area (Å²) < 4.78 is 31.3. The summed E-state index contributed by atoms with van der Waals surface area (Å²) in [6.07, 6.45) is 2.30. The van der Waals surface area contributed by atoms with E-state index in [1.165, 1.54) is 21.7 Å². The van der Waals surface area contributed by atoms with Crippen molar-refractivity contribution in [2.24, 2.45) is 4.99 Å². The van der Waals surface area contributed by atoms with Gasteiger partial charge in [0, 0.05) is 45.8 Å². The average molecular weight is 533 g/mol. The van der Waals surface area contributed by atoms with E-state index in [4.69, 9.17) is 4.52 Å². The Kier molecular flexibility index (Phi) is 8.90. The normalized spacial score (nSPS) is 15.8. The Morgan fingerprint density at radius 2 is 1.93 bits per heavy atom. The molecule has 0 saturated carbocycles. The van der Waals surface area contributed by atoms with E-state index in [1.54, 1.807) is 13.1 Å². The van der Waals surface area contributed by atoms with Crippen LogP contribution in [0, 0.1) is 6.92 Å². The minimum absolute atomic E-state index is 0. The Hall–Kier alpha value is -1.66. The Morgan fingerprint density at radius 1 is 1.21 bits per heavy atom. The van der Waals surface area contributed by atoms with Gasteiger partial charge in [0.25, 0.3) is 0 Å². The number of hydrogen-bond acceptors (Lipinski definition) is 5. The molecule has 29 heavy (non-hydrogen) atoms. The fourth-order valence-corrected chi connectivity index (χ4v) is 4.72. The first-order valence-electron chi connectivity index (χ1n) is 9.37. The Labute approximate surface area is 189 Å². The van der Waals surface area contributed by atoms with Crippen LogP contribution < -0.4 is 5.32 Å². The SMILES string of the molecule is CN=C(NCCc1ccccc1C)N1CCN(S(=O)(=O)Cc2ccon2)CC1.I. The fourth-order valence-electron chi connectivity index (χ4n) is 3.30. The topological polar surface area (TPSA) is 91.0 Å². The maximum atomic E-state index is 12.5. The summed E-state index contributed by atoms with van der Waals surface area (Å²) in [6, 6.07) is 9.92. The minimum Gasteiger partial charge on any atom is -0.364 e. The molecule has 1 fully saturated rings. The van der Waals surface area contributed by atoms with E-state index in [1.807, 2.05) is 6.07 Å². The van der Waals surface area contributed by atoms with E-state index in [0.29, 0.717) is 31.9 Å². The lowest BCUT2D eigenvalue weighted by atomic mass is 10.1. The van der Waals surface area contributed by atoms with E-state index in [9.17, 15) is 8.42 Å². The number of guanidine groups is 1. The maximum absolute atomic E-state index is 12.5. The van der Waals surface area contributed by atoms with Crippen molar-refractivity contribution in [2.75, 3.05) is 39.8 Å². The standard InChI is InChI=1S/C19H27N5O3S.HI/c1-16-5-3-4-6-17(16)7-9-21-19(20-2)23-10-12-24(13-11-23)28(25,26)15-18-8-14-27-22-18;/h3-6,8,14H,7,9-13,15H2,1-2H3,(H,20,21);1H. The number of aryl methyl sites for hydroxylation is 1. The van der Waals surface area contributed by atoms with Crippen molar-refractivity contribution >= 4 is 40.0 Å². The Balaban J connectivity index is 0.00000300. The molecule has 0 aliphatic carbocycles. The average Bonchev–Trinajstić information content (AvgIpc) is 3.19. The number of benzene rings is 1. The molecule has 3 rings (SSSR count). The minimum atomic E-state index is -3.40. The van der Waals surface area contributed by atoms with Gasteiger partial charge in [0.05, 0.1) is 5.69 Å². The number of piperazine rings is 1. The highest BCUT2D eigenvalue weighted by molar-refractivity contribution is 14.0. The lowest BCUT2D eigenvalue weighted by Crippen LogP contribution is -2.54. The molecule has 8 nitrogen and oxygen atoms in total. The van der Waals surface area contributed by atoms with Crippen LogP contribution in [0.4, 0.5) is 0 Å². The van der Waals surface area contributed by atoms with Crippen molar-refractivity contribution in [1.82, 2.24) is 19.7 Å². The lowest BCUT2D eigenvalue weighted by Gasteiger charge is -2.35. The molecule has 0 amide bonds. The number of aliphatic imine (C=N–C) groups is 1. The summed E-state index contributed by atoms with van der Waals surface area (Å²) in [4.78, 5) is 6.45. The van der Waals surface area contributed by atoms with Crippen LogP contribution in [-0.4, -0.2) is 68.5 Å². The Morgan fingerprint density at radius 3 is 2.55 bits per heavy atom. The number of hydrogen-bond donors (Lipinski definition) is 1. The zero-order chi connectivity index (χ0) is 20.0. The molecule has 1 aromatic carbocycles. The quantitative estimate of drug-likeness (QED) is 0.347. The van der Waals surface area contributed by atoms with Crippen molar-refractivity contribution in [2.45, 2.75) is 19.1 Å². The van der Waals surface area contributed by atoms with E-state index in [2.05, 4.69) is 45.5 Å². The van der Waals surface area contributed by atoms with Crippen LogP contribution >= 0.6 is 24.0 Å². The highest BCUT2D eigenvalue weighted by Crippen LogP contribution is 2.13. The van der Waals surface area contributed by atoms with Crippen molar-refractivity contribution in [3.05, 3.63) is 53.4 Å². The molecular formula is C19H28IN5O3S. The molecule has 1 N–H and O–H groups in total. The van der Waals surface area contributed by atoms with Gasteiger partial charge >= 0.3 is 0 Å². The first kappa shape index (κ1) is 23.6. The molecule has 0 unspecified atom stereocenters. The van der Waals surface area contributed by atoms with E-state index >= 15 is 0 Å². The summed E-state index contributed by atoms with van der Waals surface area (Å²) in [7, 11) is -1.64. The van der Waals surface area contributed by atoms with Gasteiger partial charge in [-0.3, -0.25) is 4.99 Å². The number of rotatable bonds is 6. The van der Waals surface area contributed by atoms with Gasteiger partial charge in [0.1, 0.15) is 12.0 Å². The predicted octanol–water partition coefficient (Wildman–Crippen LogP) is 1.87. The van der Waals surface area contributed by atoms with Crippen LogP contribution in [0.15, 0.2) is 46.1 Å². The fraction of sp³-hybridized carbons (Fsp3) is 0.474. The second-order valence-corrected chi connectivity index (χ2v) is 8.75. The number of nitrogens with zero attached hydrogens (tertiary/aromatic N) is 4. The number of aromatic nitrogens is 1. The van der Waals surface area contributed by atoms with Crippen LogP contribution in [0.2, 0.25) is 0 Å². The molecular weight excluding hydrogens is 505 g/mol. The number of halogens is 1. The van der Waals surface area contributed by atoms with E-state index in [0.717, 1.165) is 18.9 Å². The van der Waals surface area contributed by atoms with Gasteiger partial charge < -0.3 is 14.7 Å². The zero-order valence-electron chi connectivity index (χ0n) is 16.7. The van der Waals surface area contributed by atoms with E-state index in [-0.39, 0.29) is 29.7 Å². The number of sulfonamides is 1. The molecule has 2 aromatic rings. The lowest BCUT2D eigenvalue weighted by molar-refractivity contribution is 0.260. The van der Waals surface area contributed by atoms with Gasteiger partial charge in [-0.1, -0.05) is 29.4 Å². The van der Waals surface area contributed by atoms with Gasteiger partial charge in [-0.25, -0.2) is 8.42 Å². The van der Waals surface area contributed by atoms with Crippen molar-refractivity contribution in [3.63, 3.8) is 0 Å². The van der Waals surface area contributed by atoms with Crippen molar-refractivity contribution < 1.29 is 12.9 Å². The van der Waals surface area contributed by atoms with Gasteiger partial charge in [-0.05, 0) is 24.5 Å². The third-order valence-corrected chi connectivity index (χ3v) is 6.72. The van der Waals surface area contributed by atoms with Crippen LogP contribution in [0.3, 0.4) is 0 Å². The third kappa shape index (κ3) is 6.41. The van der Waals surface area contributed by atoms with Gasteiger partial charge in [-0.15, -0.1) is 24.0 Å². The molecule has 0 radical (unpaired) electrons. The first-order valence-corrected chi connectivity index (χ1v) is 11.0. The van der Waals surface area contributed by atoms with Crippen molar-refractivity contribution in [3.8, 4) is 0 Å². The highest BCUT2D eigenvalue weighted by Gasteiger charge is 2.28. The zero-order valence-corrected chi connectivity index (χ0v) is 19.9. The van der Waals surface area contributed by atoms with Crippen molar-refractivity contribution in [1.29, 1.82) is 0 Å². The smallest absolute Gasteiger partial charge is 0.220 e. The van der Waals surface area contributed by atoms with Crippen LogP contribution in [-0.2, 0) is 22.2 Å². The second-order valence-electron chi connectivity index (χ2n) is 6.78.